The molecule has 25 heavy (non-hydrogen) atoms. The van der Waals surface area contributed by atoms with Crippen molar-refractivity contribution < 1.29 is 23.1 Å². The molecule has 1 saturated heterocycles. The molecule has 138 valence electrons. The van der Waals surface area contributed by atoms with Crippen molar-refractivity contribution in [3.8, 4) is 0 Å². The van der Waals surface area contributed by atoms with Crippen molar-refractivity contribution in [1.82, 2.24) is 9.62 Å². The molecule has 1 atom stereocenters. The molecule has 0 saturated carbocycles. The van der Waals surface area contributed by atoms with Crippen LogP contribution in [0.3, 0.4) is 0 Å². The Morgan fingerprint density at radius 3 is 2.32 bits per heavy atom. The Morgan fingerprint density at radius 1 is 1.24 bits per heavy atom. The second-order valence-electron chi connectivity index (χ2n) is 6.50. The number of nitrogens with one attached hydrogen (secondary N) is 1. The van der Waals surface area contributed by atoms with E-state index in [9.17, 15) is 18.0 Å². The molecule has 8 heteroatoms. The van der Waals surface area contributed by atoms with Gasteiger partial charge < -0.3 is 10.4 Å². The third kappa shape index (κ3) is 5.02. The van der Waals surface area contributed by atoms with Crippen LogP contribution in [0.5, 0.6) is 0 Å². The summed E-state index contributed by atoms with van der Waals surface area (Å²) in [5.41, 5.74) is 0.991. The van der Waals surface area contributed by atoms with E-state index in [4.69, 9.17) is 5.11 Å². The van der Waals surface area contributed by atoms with Crippen LogP contribution in [0.2, 0.25) is 0 Å². The zero-order chi connectivity index (χ0) is 18.6. The maximum absolute atomic E-state index is 12.6. The van der Waals surface area contributed by atoms with Crippen LogP contribution in [0.4, 0.5) is 0 Å². The number of benzene rings is 1. The van der Waals surface area contributed by atoms with Gasteiger partial charge in [-0.25, -0.2) is 8.42 Å². The van der Waals surface area contributed by atoms with Gasteiger partial charge in [0, 0.05) is 25.0 Å². The van der Waals surface area contributed by atoms with Crippen molar-refractivity contribution in [2.45, 2.75) is 44.0 Å². The fourth-order valence-electron chi connectivity index (χ4n) is 2.89. The molecule has 1 unspecified atom stereocenters. The zero-order valence-electron chi connectivity index (χ0n) is 14.4. The summed E-state index contributed by atoms with van der Waals surface area (Å²) < 4.78 is 26.7. The minimum Gasteiger partial charge on any atom is -0.481 e. The number of hydrogen-bond donors (Lipinski definition) is 2. The van der Waals surface area contributed by atoms with Gasteiger partial charge in [-0.3, -0.25) is 9.59 Å². The Morgan fingerprint density at radius 2 is 1.80 bits per heavy atom. The molecule has 0 spiro atoms. The van der Waals surface area contributed by atoms with Gasteiger partial charge in [0.25, 0.3) is 0 Å². The number of nitrogens with zero attached hydrogens (tertiary/aromatic N) is 1. The molecule has 2 rings (SSSR count). The molecular formula is C17H24N2O5S. The first-order valence-electron chi connectivity index (χ1n) is 8.29. The quantitative estimate of drug-likeness (QED) is 0.789. The summed E-state index contributed by atoms with van der Waals surface area (Å²) in [4.78, 5) is 23.1. The zero-order valence-corrected chi connectivity index (χ0v) is 15.3. The number of carboxylic acids is 1. The Balaban J connectivity index is 1.93. The van der Waals surface area contributed by atoms with Crippen LogP contribution < -0.4 is 5.32 Å². The fraction of sp³-hybridized carbons (Fsp3) is 0.529. The summed E-state index contributed by atoms with van der Waals surface area (Å²) in [5.74, 6) is -1.46. The summed E-state index contributed by atoms with van der Waals surface area (Å²) >= 11 is 0. The summed E-state index contributed by atoms with van der Waals surface area (Å²) in [6.07, 6.45) is 0.722. The minimum atomic E-state index is -3.54. The molecule has 1 aliphatic heterocycles. The monoisotopic (exact) mass is 368 g/mol. The lowest BCUT2D eigenvalue weighted by molar-refractivity contribution is -0.137. The summed E-state index contributed by atoms with van der Waals surface area (Å²) in [6.45, 7) is 4.10. The molecule has 7 nitrogen and oxygen atoms in total. The van der Waals surface area contributed by atoms with Gasteiger partial charge in [-0.1, -0.05) is 17.7 Å². The average molecular weight is 368 g/mol. The number of sulfonamides is 1. The molecule has 1 aromatic rings. The number of piperidine rings is 1. The largest absolute Gasteiger partial charge is 0.481 e. The fourth-order valence-corrected chi connectivity index (χ4v) is 4.36. The van der Waals surface area contributed by atoms with E-state index in [2.05, 4.69) is 5.32 Å². The SMILES string of the molecule is Cc1ccc(S(=O)(=O)N2CCC(C(=O)NC(C)CC(=O)O)CC2)cc1. The first-order valence-corrected chi connectivity index (χ1v) is 9.73. The van der Waals surface area contributed by atoms with Crippen molar-refractivity contribution in [3.05, 3.63) is 29.8 Å². The van der Waals surface area contributed by atoms with E-state index in [0.717, 1.165) is 5.56 Å². The molecule has 1 heterocycles. The second-order valence-corrected chi connectivity index (χ2v) is 8.44. The standard InChI is InChI=1S/C17H24N2O5S/c1-12-3-5-15(6-4-12)25(23,24)19-9-7-14(8-10-19)17(22)18-13(2)11-16(20)21/h3-6,13-14H,7-11H2,1-2H3,(H,18,22)(H,20,21). The van der Waals surface area contributed by atoms with Crippen LogP contribution in [-0.4, -0.2) is 48.8 Å². The normalized spacial score (nSPS) is 17.8. The van der Waals surface area contributed by atoms with Crippen molar-refractivity contribution in [3.63, 3.8) is 0 Å². The molecular weight excluding hydrogens is 344 g/mol. The number of rotatable bonds is 6. The third-order valence-electron chi connectivity index (χ3n) is 4.35. The van der Waals surface area contributed by atoms with Gasteiger partial charge in [-0.15, -0.1) is 0 Å². The molecule has 1 aliphatic rings. The lowest BCUT2D eigenvalue weighted by Crippen LogP contribution is -2.45. The van der Waals surface area contributed by atoms with Crippen LogP contribution in [0.25, 0.3) is 0 Å². The first-order chi connectivity index (χ1) is 11.7. The topological polar surface area (TPSA) is 104 Å². The second kappa shape index (κ2) is 7.97. The van der Waals surface area contributed by atoms with E-state index in [0.29, 0.717) is 12.8 Å². The van der Waals surface area contributed by atoms with E-state index >= 15 is 0 Å². The van der Waals surface area contributed by atoms with E-state index in [1.807, 2.05) is 6.92 Å². The van der Waals surface area contributed by atoms with Crippen LogP contribution in [0.1, 0.15) is 31.7 Å². The van der Waals surface area contributed by atoms with Crippen LogP contribution >= 0.6 is 0 Å². The number of carbonyl (C=O) groups is 2. The smallest absolute Gasteiger partial charge is 0.305 e. The van der Waals surface area contributed by atoms with E-state index in [1.165, 1.54) is 4.31 Å². The van der Waals surface area contributed by atoms with E-state index in [1.54, 1.807) is 31.2 Å². The third-order valence-corrected chi connectivity index (χ3v) is 6.27. The van der Waals surface area contributed by atoms with E-state index in [-0.39, 0.29) is 36.2 Å². The number of carboxylic acid groups (broad SMARTS) is 1. The highest BCUT2D eigenvalue weighted by molar-refractivity contribution is 7.89. The van der Waals surface area contributed by atoms with Crippen LogP contribution in [0, 0.1) is 12.8 Å². The summed E-state index contributed by atoms with van der Waals surface area (Å²) in [6, 6.07) is 6.27. The van der Waals surface area contributed by atoms with E-state index < -0.39 is 22.0 Å². The van der Waals surface area contributed by atoms with Gasteiger partial charge in [0.15, 0.2) is 0 Å². The van der Waals surface area contributed by atoms with Gasteiger partial charge in [0.2, 0.25) is 15.9 Å². The first kappa shape index (κ1) is 19.4. The Hall–Kier alpha value is -1.93. The minimum absolute atomic E-state index is 0.133. The molecule has 0 radical (unpaired) electrons. The maximum atomic E-state index is 12.6. The van der Waals surface area contributed by atoms with Crippen molar-refractivity contribution >= 4 is 21.9 Å². The molecule has 0 bridgehead atoms. The predicted octanol–water partition coefficient (Wildman–Crippen LogP) is 1.38. The van der Waals surface area contributed by atoms with Crippen molar-refractivity contribution in [2.24, 2.45) is 5.92 Å². The lowest BCUT2D eigenvalue weighted by Gasteiger charge is -2.31. The van der Waals surface area contributed by atoms with Gasteiger partial charge in [-0.05, 0) is 38.8 Å². The number of aliphatic carboxylic acids is 1. The number of carbonyl (C=O) groups excluding carboxylic acids is 1. The van der Waals surface area contributed by atoms with Gasteiger partial charge in [-0.2, -0.15) is 4.31 Å². The maximum Gasteiger partial charge on any atom is 0.305 e. The highest BCUT2D eigenvalue weighted by atomic mass is 32.2. The van der Waals surface area contributed by atoms with Gasteiger partial charge in [0.1, 0.15) is 0 Å². The molecule has 1 aromatic carbocycles. The predicted molar refractivity (Wildman–Crippen MR) is 92.5 cm³/mol. The number of aryl methyl sites for hydroxylation is 1. The number of hydrogen-bond acceptors (Lipinski definition) is 4. The van der Waals surface area contributed by atoms with Crippen molar-refractivity contribution in [1.29, 1.82) is 0 Å². The summed E-state index contributed by atoms with van der Waals surface area (Å²) in [5, 5.41) is 11.4. The van der Waals surface area contributed by atoms with Crippen molar-refractivity contribution in [2.75, 3.05) is 13.1 Å². The Labute approximate surface area is 148 Å². The number of amides is 1. The molecule has 0 aliphatic carbocycles. The van der Waals surface area contributed by atoms with Crippen LogP contribution in [-0.2, 0) is 19.6 Å². The molecule has 0 aromatic heterocycles. The average Bonchev–Trinajstić information content (AvgIpc) is 2.54. The highest BCUT2D eigenvalue weighted by Gasteiger charge is 2.32. The summed E-state index contributed by atoms with van der Waals surface area (Å²) in [7, 11) is -3.54. The lowest BCUT2D eigenvalue weighted by atomic mass is 9.97. The Kier molecular flexibility index (Phi) is 6.18. The molecule has 1 amide bonds. The highest BCUT2D eigenvalue weighted by Crippen LogP contribution is 2.24. The van der Waals surface area contributed by atoms with Gasteiger partial charge >= 0.3 is 5.97 Å². The Bertz CT molecular complexity index is 722. The molecule has 1 fully saturated rings. The van der Waals surface area contributed by atoms with Gasteiger partial charge in [0.05, 0.1) is 11.3 Å². The van der Waals surface area contributed by atoms with Crippen LogP contribution in [0.15, 0.2) is 29.2 Å². The molecule has 2 N–H and O–H groups in total.